The van der Waals surface area contributed by atoms with Crippen molar-refractivity contribution in [2.24, 2.45) is 0 Å². The number of anilines is 1. The van der Waals surface area contributed by atoms with Gasteiger partial charge in [0, 0.05) is 22.6 Å². The Labute approximate surface area is 187 Å². The Balaban J connectivity index is 1.35. The fraction of sp³-hybridized carbons (Fsp3) is 0.190. The summed E-state index contributed by atoms with van der Waals surface area (Å²) in [6.07, 6.45) is 0. The molecule has 0 saturated carbocycles. The highest BCUT2D eigenvalue weighted by atomic mass is 35.5. The summed E-state index contributed by atoms with van der Waals surface area (Å²) >= 11 is 6.92. The Morgan fingerprint density at radius 2 is 1.90 bits per heavy atom. The molecule has 0 unspecified atom stereocenters. The van der Waals surface area contributed by atoms with Crippen molar-refractivity contribution in [2.75, 3.05) is 17.7 Å². The van der Waals surface area contributed by atoms with E-state index in [1.54, 1.807) is 24.3 Å². The molecule has 2 aromatic heterocycles. The zero-order chi connectivity index (χ0) is 21.8. The van der Waals surface area contributed by atoms with E-state index in [1.165, 1.54) is 0 Å². The standard InChI is InChI=1S/C21H18ClN5O3S/c1-2-27-16-6-4-3-5-15(16)19-20(27)24-21(26-25-19)31-12-18(29)30-11-17(28)23-14-9-7-13(22)8-10-14/h3-10H,2,11-12H2,1H3,(H,23,28). The molecule has 10 heteroatoms. The van der Waals surface area contributed by atoms with Gasteiger partial charge in [-0.05, 0) is 37.3 Å². The first kappa shape index (κ1) is 21.1. The predicted molar refractivity (Wildman–Crippen MR) is 120 cm³/mol. The van der Waals surface area contributed by atoms with Gasteiger partial charge in [-0.2, -0.15) is 0 Å². The molecule has 2 heterocycles. The summed E-state index contributed by atoms with van der Waals surface area (Å²) in [5, 5.41) is 13.0. The number of carbonyl (C=O) groups excluding carboxylic acids is 2. The van der Waals surface area contributed by atoms with E-state index in [0.29, 0.717) is 15.9 Å². The fourth-order valence-electron chi connectivity index (χ4n) is 3.11. The van der Waals surface area contributed by atoms with Crippen LogP contribution in [0, 0.1) is 0 Å². The highest BCUT2D eigenvalue weighted by molar-refractivity contribution is 7.99. The molecule has 0 saturated heterocycles. The summed E-state index contributed by atoms with van der Waals surface area (Å²) in [6, 6.07) is 14.6. The Kier molecular flexibility index (Phi) is 6.34. The number of esters is 1. The molecule has 0 bridgehead atoms. The van der Waals surface area contributed by atoms with Crippen LogP contribution in [0.15, 0.2) is 53.7 Å². The number of rotatable bonds is 7. The highest BCUT2D eigenvalue weighted by Gasteiger charge is 2.15. The number of nitrogens with one attached hydrogen (secondary N) is 1. The zero-order valence-corrected chi connectivity index (χ0v) is 18.1. The number of aromatic nitrogens is 4. The summed E-state index contributed by atoms with van der Waals surface area (Å²) < 4.78 is 7.08. The van der Waals surface area contributed by atoms with Crippen molar-refractivity contribution < 1.29 is 14.3 Å². The van der Waals surface area contributed by atoms with Gasteiger partial charge in [0.1, 0.15) is 5.52 Å². The van der Waals surface area contributed by atoms with E-state index in [0.717, 1.165) is 40.4 Å². The lowest BCUT2D eigenvalue weighted by Gasteiger charge is -2.06. The van der Waals surface area contributed by atoms with Gasteiger partial charge in [-0.1, -0.05) is 41.6 Å². The number of carbonyl (C=O) groups is 2. The van der Waals surface area contributed by atoms with Gasteiger partial charge in [0.2, 0.25) is 5.16 Å². The van der Waals surface area contributed by atoms with Crippen LogP contribution >= 0.6 is 23.4 Å². The van der Waals surface area contributed by atoms with Gasteiger partial charge < -0.3 is 14.6 Å². The minimum absolute atomic E-state index is 0.0340. The monoisotopic (exact) mass is 455 g/mol. The Bertz CT molecular complexity index is 1260. The Morgan fingerprint density at radius 3 is 2.68 bits per heavy atom. The molecule has 4 aromatic rings. The van der Waals surface area contributed by atoms with Crippen LogP contribution in [0.1, 0.15) is 6.92 Å². The van der Waals surface area contributed by atoms with Crippen molar-refractivity contribution in [3.05, 3.63) is 53.6 Å². The SMILES string of the molecule is CCn1c2ccccc2c2nnc(SCC(=O)OCC(=O)Nc3ccc(Cl)cc3)nc21. The van der Waals surface area contributed by atoms with E-state index in [-0.39, 0.29) is 12.4 Å². The Hall–Kier alpha value is -3.17. The predicted octanol–water partition coefficient (Wildman–Crippen LogP) is 3.93. The summed E-state index contributed by atoms with van der Waals surface area (Å²) in [5.41, 5.74) is 3.05. The molecular formula is C21H18ClN5O3S. The molecule has 1 amide bonds. The second-order valence-electron chi connectivity index (χ2n) is 6.53. The first-order valence-electron chi connectivity index (χ1n) is 9.50. The maximum atomic E-state index is 12.0. The third-order valence-corrected chi connectivity index (χ3v) is 5.55. The van der Waals surface area contributed by atoms with Gasteiger partial charge in [-0.15, -0.1) is 10.2 Å². The maximum Gasteiger partial charge on any atom is 0.316 e. The third-order valence-electron chi connectivity index (χ3n) is 4.48. The van der Waals surface area contributed by atoms with Crippen molar-refractivity contribution >= 4 is 63.0 Å². The lowest BCUT2D eigenvalue weighted by atomic mass is 10.2. The zero-order valence-electron chi connectivity index (χ0n) is 16.5. The van der Waals surface area contributed by atoms with Crippen LogP contribution in [0.4, 0.5) is 5.69 Å². The van der Waals surface area contributed by atoms with Crippen molar-refractivity contribution in [1.82, 2.24) is 19.7 Å². The van der Waals surface area contributed by atoms with Crippen molar-refractivity contribution in [1.29, 1.82) is 0 Å². The van der Waals surface area contributed by atoms with Crippen molar-refractivity contribution in [2.45, 2.75) is 18.6 Å². The van der Waals surface area contributed by atoms with E-state index in [4.69, 9.17) is 16.3 Å². The number of amides is 1. The van der Waals surface area contributed by atoms with Gasteiger partial charge in [-0.25, -0.2) is 4.98 Å². The second kappa shape index (κ2) is 9.32. The van der Waals surface area contributed by atoms with E-state index >= 15 is 0 Å². The van der Waals surface area contributed by atoms with Crippen LogP contribution in [-0.2, 0) is 20.9 Å². The first-order valence-corrected chi connectivity index (χ1v) is 10.9. The molecule has 0 aliphatic heterocycles. The molecule has 0 radical (unpaired) electrons. The fourth-order valence-corrected chi connectivity index (χ4v) is 3.82. The van der Waals surface area contributed by atoms with E-state index in [9.17, 15) is 9.59 Å². The average Bonchev–Trinajstić information content (AvgIpc) is 3.10. The molecule has 0 aliphatic carbocycles. The summed E-state index contributed by atoms with van der Waals surface area (Å²) in [5.74, 6) is -1.02. The topological polar surface area (TPSA) is 99.0 Å². The number of hydrogen-bond donors (Lipinski definition) is 1. The van der Waals surface area contributed by atoms with E-state index in [1.807, 2.05) is 31.2 Å². The lowest BCUT2D eigenvalue weighted by molar-refractivity contribution is -0.144. The average molecular weight is 456 g/mol. The third kappa shape index (κ3) is 4.78. The minimum Gasteiger partial charge on any atom is -0.455 e. The summed E-state index contributed by atoms with van der Waals surface area (Å²) in [4.78, 5) is 28.5. The van der Waals surface area contributed by atoms with Crippen LogP contribution in [-0.4, -0.2) is 44.0 Å². The van der Waals surface area contributed by atoms with Crippen molar-refractivity contribution in [3.8, 4) is 0 Å². The van der Waals surface area contributed by atoms with Crippen LogP contribution < -0.4 is 5.32 Å². The van der Waals surface area contributed by atoms with Crippen LogP contribution in [0.25, 0.3) is 22.1 Å². The van der Waals surface area contributed by atoms with Crippen molar-refractivity contribution in [3.63, 3.8) is 0 Å². The number of thioether (sulfide) groups is 1. The number of halogens is 1. The van der Waals surface area contributed by atoms with Gasteiger partial charge in [0.25, 0.3) is 5.91 Å². The summed E-state index contributed by atoms with van der Waals surface area (Å²) in [6.45, 7) is 2.38. The molecule has 0 atom stereocenters. The molecule has 158 valence electrons. The van der Waals surface area contributed by atoms with Crippen LogP contribution in [0.2, 0.25) is 5.02 Å². The molecule has 0 fully saturated rings. The molecule has 8 nitrogen and oxygen atoms in total. The van der Waals surface area contributed by atoms with Gasteiger partial charge in [0.05, 0.1) is 11.3 Å². The quantitative estimate of drug-likeness (QED) is 0.333. The molecular weight excluding hydrogens is 438 g/mol. The smallest absolute Gasteiger partial charge is 0.316 e. The molecule has 31 heavy (non-hydrogen) atoms. The highest BCUT2D eigenvalue weighted by Crippen LogP contribution is 2.27. The summed E-state index contributed by atoms with van der Waals surface area (Å²) in [7, 11) is 0. The molecule has 2 aromatic carbocycles. The van der Waals surface area contributed by atoms with Crippen LogP contribution in [0.5, 0.6) is 0 Å². The number of nitrogens with zero attached hydrogens (tertiary/aromatic N) is 4. The Morgan fingerprint density at radius 1 is 1.13 bits per heavy atom. The number of ether oxygens (including phenoxy) is 1. The largest absolute Gasteiger partial charge is 0.455 e. The normalized spacial score (nSPS) is 11.0. The molecule has 1 N–H and O–H groups in total. The minimum atomic E-state index is -0.545. The first-order chi connectivity index (χ1) is 15.0. The van der Waals surface area contributed by atoms with Gasteiger partial charge >= 0.3 is 5.97 Å². The number of para-hydroxylation sites is 1. The second-order valence-corrected chi connectivity index (χ2v) is 7.91. The van der Waals surface area contributed by atoms with Gasteiger partial charge in [-0.3, -0.25) is 9.59 Å². The maximum absolute atomic E-state index is 12.0. The molecule has 0 spiro atoms. The molecule has 4 rings (SSSR count). The number of fused-ring (bicyclic) bond motifs is 3. The van der Waals surface area contributed by atoms with E-state index in [2.05, 4.69) is 25.1 Å². The van der Waals surface area contributed by atoms with E-state index < -0.39 is 11.9 Å². The number of hydrogen-bond acceptors (Lipinski definition) is 7. The van der Waals surface area contributed by atoms with Gasteiger partial charge in [0.15, 0.2) is 12.3 Å². The number of benzene rings is 2. The number of aryl methyl sites for hydroxylation is 1. The molecule has 0 aliphatic rings. The van der Waals surface area contributed by atoms with Crippen LogP contribution in [0.3, 0.4) is 0 Å². The lowest BCUT2D eigenvalue weighted by Crippen LogP contribution is -2.21.